The maximum atomic E-state index is 12.1. The van der Waals surface area contributed by atoms with Crippen LogP contribution in [0.1, 0.15) is 15.9 Å². The predicted octanol–water partition coefficient (Wildman–Crippen LogP) is 3.07. The first-order valence-electron chi connectivity index (χ1n) is 7.01. The average molecular weight is 307 g/mol. The normalized spacial score (nSPS) is 10.4. The quantitative estimate of drug-likeness (QED) is 0.593. The van der Waals surface area contributed by atoms with Crippen LogP contribution in [-0.4, -0.2) is 15.8 Å². The fourth-order valence-electron chi connectivity index (χ4n) is 2.39. The van der Waals surface area contributed by atoms with Gasteiger partial charge in [0.2, 0.25) is 0 Å². The second-order valence-electron chi connectivity index (χ2n) is 4.95. The molecule has 0 atom stereocenters. The van der Waals surface area contributed by atoms with E-state index in [9.17, 15) is 14.9 Å². The van der Waals surface area contributed by atoms with Crippen molar-refractivity contribution in [2.45, 2.75) is 6.54 Å². The van der Waals surface area contributed by atoms with Gasteiger partial charge in [0, 0.05) is 24.4 Å². The van der Waals surface area contributed by atoms with Gasteiger partial charge in [0.15, 0.2) is 0 Å². The van der Waals surface area contributed by atoms with Crippen molar-refractivity contribution < 1.29 is 9.72 Å². The van der Waals surface area contributed by atoms with E-state index in [-0.39, 0.29) is 18.1 Å². The van der Waals surface area contributed by atoms with Gasteiger partial charge in [-0.25, -0.2) is 0 Å². The van der Waals surface area contributed by atoms with E-state index in [2.05, 4.69) is 10.3 Å². The Labute approximate surface area is 131 Å². The monoisotopic (exact) mass is 307 g/mol. The molecule has 0 aliphatic heterocycles. The number of carbonyl (C=O) groups excluding carboxylic acids is 1. The number of carbonyl (C=O) groups is 1. The first-order valence-corrected chi connectivity index (χ1v) is 7.01. The van der Waals surface area contributed by atoms with Crippen molar-refractivity contribution in [2.75, 3.05) is 0 Å². The highest BCUT2D eigenvalue weighted by molar-refractivity contribution is 5.95. The summed E-state index contributed by atoms with van der Waals surface area (Å²) in [5.41, 5.74) is 1.82. The number of hydrogen-bond donors (Lipinski definition) is 1. The smallest absolute Gasteiger partial charge is 0.278 e. The third-order valence-corrected chi connectivity index (χ3v) is 3.50. The SMILES string of the molecule is O=C(NCc1ccc([N+](=O)[O-])c2cccnc12)c1ccccc1. The number of nitro benzene ring substituents is 1. The number of nitro groups is 1. The zero-order chi connectivity index (χ0) is 16.2. The highest BCUT2D eigenvalue weighted by atomic mass is 16.6. The molecular weight excluding hydrogens is 294 g/mol. The topological polar surface area (TPSA) is 85.1 Å². The van der Waals surface area contributed by atoms with Crippen LogP contribution in [-0.2, 0) is 6.54 Å². The molecule has 3 aromatic rings. The molecule has 0 saturated heterocycles. The van der Waals surface area contributed by atoms with Gasteiger partial charge in [-0.15, -0.1) is 0 Å². The van der Waals surface area contributed by atoms with E-state index in [1.54, 1.807) is 48.7 Å². The molecule has 0 radical (unpaired) electrons. The predicted molar refractivity (Wildman–Crippen MR) is 86.0 cm³/mol. The Morgan fingerprint density at radius 2 is 1.87 bits per heavy atom. The number of hydrogen-bond acceptors (Lipinski definition) is 4. The number of nitrogens with zero attached hydrogens (tertiary/aromatic N) is 2. The second-order valence-corrected chi connectivity index (χ2v) is 4.95. The molecule has 6 nitrogen and oxygen atoms in total. The van der Waals surface area contributed by atoms with Crippen LogP contribution in [0.25, 0.3) is 10.9 Å². The second kappa shape index (κ2) is 6.23. The molecule has 1 aromatic heterocycles. The van der Waals surface area contributed by atoms with E-state index in [0.29, 0.717) is 16.5 Å². The van der Waals surface area contributed by atoms with Gasteiger partial charge < -0.3 is 5.32 Å². The van der Waals surface area contributed by atoms with E-state index in [1.165, 1.54) is 6.07 Å². The summed E-state index contributed by atoms with van der Waals surface area (Å²) in [5, 5.41) is 14.4. The molecule has 3 rings (SSSR count). The molecule has 0 spiro atoms. The third-order valence-electron chi connectivity index (χ3n) is 3.50. The Bertz CT molecular complexity index is 879. The minimum atomic E-state index is -0.434. The Morgan fingerprint density at radius 1 is 1.09 bits per heavy atom. The highest BCUT2D eigenvalue weighted by Crippen LogP contribution is 2.26. The summed E-state index contributed by atoms with van der Waals surface area (Å²) < 4.78 is 0. The maximum Gasteiger partial charge on any atom is 0.278 e. The van der Waals surface area contributed by atoms with E-state index >= 15 is 0 Å². The van der Waals surface area contributed by atoms with Crippen LogP contribution in [0.3, 0.4) is 0 Å². The zero-order valence-corrected chi connectivity index (χ0v) is 12.1. The van der Waals surface area contributed by atoms with E-state index in [4.69, 9.17) is 0 Å². The molecule has 0 fully saturated rings. The van der Waals surface area contributed by atoms with Crippen molar-refractivity contribution in [2.24, 2.45) is 0 Å². The van der Waals surface area contributed by atoms with Crippen LogP contribution >= 0.6 is 0 Å². The van der Waals surface area contributed by atoms with Crippen molar-refractivity contribution in [3.05, 3.63) is 82.0 Å². The number of amides is 1. The Balaban J connectivity index is 1.88. The summed E-state index contributed by atoms with van der Waals surface area (Å²) in [6.07, 6.45) is 1.58. The van der Waals surface area contributed by atoms with E-state index < -0.39 is 4.92 Å². The molecule has 0 aliphatic carbocycles. The number of fused-ring (bicyclic) bond motifs is 1. The van der Waals surface area contributed by atoms with Crippen LogP contribution in [0.2, 0.25) is 0 Å². The Kier molecular flexibility index (Phi) is 3.97. The number of aromatic nitrogens is 1. The molecule has 114 valence electrons. The molecule has 1 heterocycles. The average Bonchev–Trinajstić information content (AvgIpc) is 2.59. The molecule has 6 heteroatoms. The summed E-state index contributed by atoms with van der Waals surface area (Å²) in [5.74, 6) is -0.201. The van der Waals surface area contributed by atoms with Gasteiger partial charge in [-0.1, -0.05) is 18.2 Å². The molecule has 0 bridgehead atoms. The van der Waals surface area contributed by atoms with Crippen LogP contribution < -0.4 is 5.32 Å². The highest BCUT2D eigenvalue weighted by Gasteiger charge is 2.15. The first-order chi connectivity index (χ1) is 11.2. The van der Waals surface area contributed by atoms with Gasteiger partial charge in [0.1, 0.15) is 0 Å². The van der Waals surface area contributed by atoms with E-state index in [0.717, 1.165) is 5.56 Å². The van der Waals surface area contributed by atoms with Crippen LogP contribution in [0.4, 0.5) is 5.69 Å². The molecule has 2 aromatic carbocycles. The number of rotatable bonds is 4. The summed E-state index contributed by atoms with van der Waals surface area (Å²) in [7, 11) is 0. The molecular formula is C17H13N3O3. The summed E-state index contributed by atoms with van der Waals surface area (Å²) >= 11 is 0. The summed E-state index contributed by atoms with van der Waals surface area (Å²) in [6.45, 7) is 0.249. The minimum Gasteiger partial charge on any atom is -0.348 e. The fraction of sp³-hybridized carbons (Fsp3) is 0.0588. The lowest BCUT2D eigenvalue weighted by atomic mass is 10.1. The lowest BCUT2D eigenvalue weighted by Crippen LogP contribution is -2.22. The maximum absolute atomic E-state index is 12.1. The van der Waals surface area contributed by atoms with Gasteiger partial charge in [-0.3, -0.25) is 19.9 Å². The van der Waals surface area contributed by atoms with Crippen molar-refractivity contribution in [1.29, 1.82) is 0 Å². The van der Waals surface area contributed by atoms with E-state index in [1.807, 2.05) is 6.07 Å². The standard InChI is InChI=1S/C17H13N3O3/c21-17(12-5-2-1-3-6-12)19-11-13-8-9-15(20(22)23)14-7-4-10-18-16(13)14/h1-10H,11H2,(H,19,21). The van der Waals surface area contributed by atoms with Crippen molar-refractivity contribution >= 4 is 22.5 Å². The lowest BCUT2D eigenvalue weighted by Gasteiger charge is -2.08. The van der Waals surface area contributed by atoms with Gasteiger partial charge in [0.05, 0.1) is 15.8 Å². The zero-order valence-electron chi connectivity index (χ0n) is 12.1. The molecule has 1 N–H and O–H groups in total. The van der Waals surface area contributed by atoms with Crippen molar-refractivity contribution in [3.8, 4) is 0 Å². The van der Waals surface area contributed by atoms with Gasteiger partial charge >= 0.3 is 0 Å². The number of non-ortho nitro benzene ring substituents is 1. The third kappa shape index (κ3) is 3.01. The fourth-order valence-corrected chi connectivity index (χ4v) is 2.39. The minimum absolute atomic E-state index is 0.00577. The lowest BCUT2D eigenvalue weighted by molar-refractivity contribution is -0.383. The molecule has 0 saturated carbocycles. The van der Waals surface area contributed by atoms with Crippen LogP contribution in [0.5, 0.6) is 0 Å². The van der Waals surface area contributed by atoms with Gasteiger partial charge in [0.25, 0.3) is 11.6 Å². The summed E-state index contributed by atoms with van der Waals surface area (Å²) in [6, 6.07) is 15.2. The summed E-state index contributed by atoms with van der Waals surface area (Å²) in [4.78, 5) is 27.0. The van der Waals surface area contributed by atoms with Gasteiger partial charge in [-0.05, 0) is 35.9 Å². The number of pyridine rings is 1. The van der Waals surface area contributed by atoms with Gasteiger partial charge in [-0.2, -0.15) is 0 Å². The van der Waals surface area contributed by atoms with Crippen molar-refractivity contribution in [1.82, 2.24) is 10.3 Å². The van der Waals surface area contributed by atoms with Crippen molar-refractivity contribution in [3.63, 3.8) is 0 Å². The van der Waals surface area contributed by atoms with Crippen LogP contribution in [0.15, 0.2) is 60.8 Å². The molecule has 0 aliphatic rings. The molecule has 23 heavy (non-hydrogen) atoms. The number of nitrogens with one attached hydrogen (secondary N) is 1. The molecule has 1 amide bonds. The largest absolute Gasteiger partial charge is 0.348 e. The molecule has 0 unspecified atom stereocenters. The Hall–Kier alpha value is -3.28. The van der Waals surface area contributed by atoms with Crippen LogP contribution in [0, 0.1) is 10.1 Å². The first kappa shape index (κ1) is 14.6. The Morgan fingerprint density at radius 3 is 2.61 bits per heavy atom. The number of benzene rings is 2.